The van der Waals surface area contributed by atoms with Gasteiger partial charge in [-0.15, -0.1) is 0 Å². The number of rotatable bonds is 4. The number of carboxylic acids is 1. The second kappa shape index (κ2) is 5.41. The maximum Gasteiger partial charge on any atom is 0.305 e. The minimum absolute atomic E-state index is 0.00886. The molecule has 0 spiro atoms. The molecular weight excluding hydrogens is 277 g/mol. The molecule has 0 aliphatic carbocycles. The average molecular weight is 290 g/mol. The van der Waals surface area contributed by atoms with Crippen LogP contribution in [0.15, 0.2) is 22.7 Å². The maximum absolute atomic E-state index is 13.0. The van der Waals surface area contributed by atoms with Crippen molar-refractivity contribution in [1.29, 1.82) is 0 Å². The molecule has 1 aromatic rings. The summed E-state index contributed by atoms with van der Waals surface area (Å²) in [6, 6.07) is 4.29. The number of hydrogen-bond acceptors (Lipinski definition) is 2. The van der Waals surface area contributed by atoms with Gasteiger partial charge in [0.05, 0.1) is 10.9 Å². The average Bonchev–Trinajstić information content (AvgIpc) is 2.18. The Balaban J connectivity index is 3.01. The SMILES string of the molecule is CN(C)C(CC(=O)O)c1ccc(F)c(Br)c1. The summed E-state index contributed by atoms with van der Waals surface area (Å²) in [5, 5.41) is 8.81. The van der Waals surface area contributed by atoms with Crippen LogP contribution in [0.4, 0.5) is 4.39 Å². The van der Waals surface area contributed by atoms with Gasteiger partial charge >= 0.3 is 5.97 Å². The van der Waals surface area contributed by atoms with Crippen LogP contribution in [0.5, 0.6) is 0 Å². The molecule has 0 bridgehead atoms. The number of nitrogens with zero attached hydrogens (tertiary/aromatic N) is 1. The molecule has 5 heteroatoms. The van der Waals surface area contributed by atoms with Crippen LogP contribution in [-0.4, -0.2) is 30.1 Å². The summed E-state index contributed by atoms with van der Waals surface area (Å²) in [5.74, 6) is -1.23. The lowest BCUT2D eigenvalue weighted by Gasteiger charge is -2.23. The number of carboxylic acid groups (broad SMARTS) is 1. The van der Waals surface area contributed by atoms with Crippen molar-refractivity contribution in [3.05, 3.63) is 34.1 Å². The Hall–Kier alpha value is -0.940. The molecule has 88 valence electrons. The van der Waals surface area contributed by atoms with Gasteiger partial charge in [-0.2, -0.15) is 0 Å². The first-order valence-corrected chi connectivity index (χ1v) is 5.54. The van der Waals surface area contributed by atoms with Crippen LogP contribution in [0.3, 0.4) is 0 Å². The van der Waals surface area contributed by atoms with E-state index >= 15 is 0 Å². The van der Waals surface area contributed by atoms with Gasteiger partial charge in [-0.1, -0.05) is 6.07 Å². The molecule has 0 saturated heterocycles. The Bertz CT molecular complexity index is 396. The Morgan fingerprint density at radius 1 is 1.56 bits per heavy atom. The molecule has 1 N–H and O–H groups in total. The molecule has 0 aliphatic heterocycles. The molecule has 1 aromatic carbocycles. The highest BCUT2D eigenvalue weighted by atomic mass is 79.9. The van der Waals surface area contributed by atoms with E-state index in [1.54, 1.807) is 31.1 Å². The number of aliphatic carboxylic acids is 1. The van der Waals surface area contributed by atoms with Crippen molar-refractivity contribution >= 4 is 21.9 Å². The molecule has 0 amide bonds. The fourth-order valence-corrected chi connectivity index (χ4v) is 1.88. The predicted octanol–water partition coefficient (Wildman–Crippen LogP) is 2.67. The van der Waals surface area contributed by atoms with Crippen molar-refractivity contribution in [3.8, 4) is 0 Å². The molecule has 0 heterocycles. The normalized spacial score (nSPS) is 12.8. The molecule has 0 aliphatic rings. The monoisotopic (exact) mass is 289 g/mol. The van der Waals surface area contributed by atoms with E-state index in [2.05, 4.69) is 15.9 Å². The van der Waals surface area contributed by atoms with Crippen molar-refractivity contribution < 1.29 is 14.3 Å². The minimum Gasteiger partial charge on any atom is -0.481 e. The van der Waals surface area contributed by atoms with E-state index in [0.717, 1.165) is 5.56 Å². The zero-order valence-electron chi connectivity index (χ0n) is 9.08. The van der Waals surface area contributed by atoms with Gasteiger partial charge in [0, 0.05) is 6.04 Å². The summed E-state index contributed by atoms with van der Waals surface area (Å²) in [6.45, 7) is 0. The molecule has 16 heavy (non-hydrogen) atoms. The van der Waals surface area contributed by atoms with E-state index in [4.69, 9.17) is 5.11 Å². The van der Waals surface area contributed by atoms with Gasteiger partial charge in [0.25, 0.3) is 0 Å². The van der Waals surface area contributed by atoms with Crippen LogP contribution in [-0.2, 0) is 4.79 Å². The van der Waals surface area contributed by atoms with E-state index in [-0.39, 0.29) is 18.3 Å². The topological polar surface area (TPSA) is 40.5 Å². The Kier molecular flexibility index (Phi) is 4.44. The lowest BCUT2D eigenvalue weighted by molar-refractivity contribution is -0.138. The van der Waals surface area contributed by atoms with E-state index in [1.807, 2.05) is 0 Å². The second-order valence-electron chi connectivity index (χ2n) is 3.75. The predicted molar refractivity (Wildman–Crippen MR) is 62.8 cm³/mol. The van der Waals surface area contributed by atoms with Crippen molar-refractivity contribution in [2.45, 2.75) is 12.5 Å². The Morgan fingerprint density at radius 2 is 2.19 bits per heavy atom. The summed E-state index contributed by atoms with van der Waals surface area (Å²) in [4.78, 5) is 12.5. The molecule has 3 nitrogen and oxygen atoms in total. The molecule has 1 rings (SSSR count). The van der Waals surface area contributed by atoms with Crippen LogP contribution in [0.25, 0.3) is 0 Å². The highest BCUT2D eigenvalue weighted by Gasteiger charge is 2.18. The lowest BCUT2D eigenvalue weighted by atomic mass is 10.0. The number of halogens is 2. The molecule has 1 unspecified atom stereocenters. The van der Waals surface area contributed by atoms with Gasteiger partial charge in [-0.25, -0.2) is 4.39 Å². The third-order valence-corrected chi connectivity index (χ3v) is 2.93. The molecule has 0 fully saturated rings. The highest BCUT2D eigenvalue weighted by Crippen LogP contribution is 2.26. The van der Waals surface area contributed by atoms with Crippen molar-refractivity contribution in [3.63, 3.8) is 0 Å². The smallest absolute Gasteiger partial charge is 0.305 e. The zero-order valence-corrected chi connectivity index (χ0v) is 10.7. The van der Waals surface area contributed by atoms with Gasteiger partial charge in [-0.05, 0) is 47.7 Å². The fraction of sp³-hybridized carbons (Fsp3) is 0.364. The van der Waals surface area contributed by atoms with Crippen LogP contribution >= 0.6 is 15.9 Å². The van der Waals surface area contributed by atoms with Gasteiger partial charge in [0.15, 0.2) is 0 Å². The number of hydrogen-bond donors (Lipinski definition) is 1. The summed E-state index contributed by atoms with van der Waals surface area (Å²) in [6.07, 6.45) is -0.00886. The van der Waals surface area contributed by atoms with Crippen LogP contribution < -0.4 is 0 Å². The summed E-state index contributed by atoms with van der Waals surface area (Å²) >= 11 is 3.09. The fourth-order valence-electron chi connectivity index (χ4n) is 1.48. The van der Waals surface area contributed by atoms with E-state index in [0.29, 0.717) is 4.47 Å². The largest absolute Gasteiger partial charge is 0.481 e. The molecule has 1 atom stereocenters. The van der Waals surface area contributed by atoms with Crippen molar-refractivity contribution in [2.24, 2.45) is 0 Å². The van der Waals surface area contributed by atoms with Crippen molar-refractivity contribution in [1.82, 2.24) is 4.90 Å². The van der Waals surface area contributed by atoms with E-state index < -0.39 is 5.97 Å². The van der Waals surface area contributed by atoms with Gasteiger partial charge < -0.3 is 10.0 Å². The third kappa shape index (κ3) is 3.28. The third-order valence-electron chi connectivity index (χ3n) is 2.32. The van der Waals surface area contributed by atoms with Gasteiger partial charge in [-0.3, -0.25) is 4.79 Å². The summed E-state index contributed by atoms with van der Waals surface area (Å²) < 4.78 is 13.4. The van der Waals surface area contributed by atoms with Gasteiger partial charge in [0.1, 0.15) is 5.82 Å². The first kappa shape index (κ1) is 13.1. The zero-order chi connectivity index (χ0) is 12.3. The first-order chi connectivity index (χ1) is 7.41. The second-order valence-corrected chi connectivity index (χ2v) is 4.61. The Labute approximate surface area is 102 Å². The number of carbonyl (C=O) groups is 1. The Morgan fingerprint density at radius 3 is 2.62 bits per heavy atom. The maximum atomic E-state index is 13.0. The highest BCUT2D eigenvalue weighted by molar-refractivity contribution is 9.10. The molecular formula is C11H13BrFNO2. The molecule has 0 radical (unpaired) electrons. The van der Waals surface area contributed by atoms with Crippen LogP contribution in [0.1, 0.15) is 18.0 Å². The summed E-state index contributed by atoms with van der Waals surface area (Å²) in [5.41, 5.74) is 0.778. The first-order valence-electron chi connectivity index (χ1n) is 4.75. The van der Waals surface area contributed by atoms with Crippen molar-refractivity contribution in [2.75, 3.05) is 14.1 Å². The standard InChI is InChI=1S/C11H13BrFNO2/c1-14(2)10(6-11(15)16)7-3-4-9(13)8(12)5-7/h3-5,10H,6H2,1-2H3,(H,15,16). The lowest BCUT2D eigenvalue weighted by Crippen LogP contribution is -2.22. The quantitative estimate of drug-likeness (QED) is 0.926. The summed E-state index contributed by atoms with van der Waals surface area (Å²) in [7, 11) is 3.59. The van der Waals surface area contributed by atoms with Crippen LogP contribution in [0.2, 0.25) is 0 Å². The van der Waals surface area contributed by atoms with Crippen LogP contribution in [0, 0.1) is 5.82 Å². The van der Waals surface area contributed by atoms with E-state index in [1.165, 1.54) is 6.07 Å². The van der Waals surface area contributed by atoms with Gasteiger partial charge in [0.2, 0.25) is 0 Å². The molecule has 0 aromatic heterocycles. The van der Waals surface area contributed by atoms with E-state index in [9.17, 15) is 9.18 Å². The molecule has 0 saturated carbocycles. The number of benzene rings is 1. The minimum atomic E-state index is -0.876.